The Kier molecular flexibility index (Phi) is 4.94. The summed E-state index contributed by atoms with van der Waals surface area (Å²) in [4.78, 5) is 26.6. The molecule has 1 N–H and O–H groups in total. The molecule has 0 saturated carbocycles. The molecular weight excluding hydrogens is 356 g/mol. The van der Waals surface area contributed by atoms with E-state index >= 15 is 0 Å². The van der Waals surface area contributed by atoms with Crippen LogP contribution in [0, 0.1) is 5.92 Å². The minimum atomic E-state index is -0.506. The average molecular weight is 374 g/mol. The van der Waals surface area contributed by atoms with Crippen LogP contribution in [0.4, 0.5) is 5.69 Å². The maximum Gasteiger partial charge on any atom is 0.250 e. The second-order valence-electron chi connectivity index (χ2n) is 5.46. The summed E-state index contributed by atoms with van der Waals surface area (Å²) in [6.45, 7) is 5.75. The fraction of sp³-hybridized carbons (Fsp3) is 0.467. The zero-order valence-electron chi connectivity index (χ0n) is 12.2. The van der Waals surface area contributed by atoms with Gasteiger partial charge < -0.3 is 5.32 Å². The van der Waals surface area contributed by atoms with E-state index in [1.165, 1.54) is 0 Å². The van der Waals surface area contributed by atoms with Gasteiger partial charge in [0, 0.05) is 10.2 Å². The normalized spacial score (nSPS) is 22.7. The Morgan fingerprint density at radius 1 is 1.38 bits per heavy atom. The van der Waals surface area contributed by atoms with E-state index in [2.05, 4.69) is 21.2 Å². The van der Waals surface area contributed by atoms with E-state index in [-0.39, 0.29) is 17.7 Å². The highest BCUT2D eigenvalue weighted by atomic mass is 79.9. The molecule has 0 aromatic heterocycles. The zero-order valence-corrected chi connectivity index (χ0v) is 14.5. The third kappa shape index (κ3) is 3.09. The van der Waals surface area contributed by atoms with Crippen molar-refractivity contribution in [2.45, 2.75) is 39.3 Å². The lowest BCUT2D eigenvalue weighted by Crippen LogP contribution is -2.65. The number of piperazine rings is 1. The Bertz CT molecular complexity index is 577. The van der Waals surface area contributed by atoms with Crippen molar-refractivity contribution in [3.05, 3.63) is 27.7 Å². The van der Waals surface area contributed by atoms with Gasteiger partial charge in [0.15, 0.2) is 0 Å². The van der Waals surface area contributed by atoms with Gasteiger partial charge in [0.2, 0.25) is 11.8 Å². The van der Waals surface area contributed by atoms with Crippen LogP contribution >= 0.6 is 27.5 Å². The fourth-order valence-corrected chi connectivity index (χ4v) is 3.03. The second kappa shape index (κ2) is 6.36. The number of rotatable bonds is 3. The monoisotopic (exact) mass is 372 g/mol. The molecule has 4 nitrogen and oxygen atoms in total. The predicted molar refractivity (Wildman–Crippen MR) is 87.5 cm³/mol. The highest BCUT2D eigenvalue weighted by Crippen LogP contribution is 2.31. The SMILES string of the molecule is CCC1NC(=O)C(C(C)C)N(c2ccc(Cl)c(Br)c2)C1=O. The first-order valence-corrected chi connectivity index (χ1v) is 8.12. The van der Waals surface area contributed by atoms with E-state index < -0.39 is 12.1 Å². The minimum absolute atomic E-state index is 0.0150. The number of nitrogens with one attached hydrogen (secondary N) is 1. The molecule has 1 fully saturated rings. The van der Waals surface area contributed by atoms with Crippen LogP contribution in [0.2, 0.25) is 5.02 Å². The van der Waals surface area contributed by atoms with Crippen molar-refractivity contribution < 1.29 is 9.59 Å². The molecule has 2 amide bonds. The van der Waals surface area contributed by atoms with Gasteiger partial charge in [0.1, 0.15) is 12.1 Å². The summed E-state index contributed by atoms with van der Waals surface area (Å²) in [5.74, 6) is -0.172. The molecule has 114 valence electrons. The molecule has 1 saturated heterocycles. The van der Waals surface area contributed by atoms with Gasteiger partial charge in [-0.1, -0.05) is 32.4 Å². The van der Waals surface area contributed by atoms with Gasteiger partial charge in [-0.25, -0.2) is 0 Å². The van der Waals surface area contributed by atoms with E-state index in [0.29, 0.717) is 21.6 Å². The summed E-state index contributed by atoms with van der Waals surface area (Å²) in [5.41, 5.74) is 0.684. The van der Waals surface area contributed by atoms with Crippen molar-refractivity contribution in [1.29, 1.82) is 0 Å². The van der Waals surface area contributed by atoms with Gasteiger partial charge in [-0.3, -0.25) is 14.5 Å². The lowest BCUT2D eigenvalue weighted by molar-refractivity contribution is -0.134. The maximum absolute atomic E-state index is 12.7. The molecule has 21 heavy (non-hydrogen) atoms. The topological polar surface area (TPSA) is 49.4 Å². The van der Waals surface area contributed by atoms with Crippen molar-refractivity contribution in [2.24, 2.45) is 5.92 Å². The molecule has 1 heterocycles. The van der Waals surface area contributed by atoms with Crippen LogP contribution < -0.4 is 10.2 Å². The quantitative estimate of drug-likeness (QED) is 0.883. The number of carbonyl (C=O) groups is 2. The summed E-state index contributed by atoms with van der Waals surface area (Å²) in [5, 5.41) is 3.38. The van der Waals surface area contributed by atoms with Crippen molar-refractivity contribution >= 4 is 45.0 Å². The van der Waals surface area contributed by atoms with Crippen LogP contribution in [0.3, 0.4) is 0 Å². The molecule has 2 atom stereocenters. The predicted octanol–water partition coefficient (Wildman–Crippen LogP) is 3.37. The molecule has 1 aliphatic heterocycles. The molecule has 1 aromatic rings. The van der Waals surface area contributed by atoms with Crippen LogP contribution in [-0.2, 0) is 9.59 Å². The first-order valence-electron chi connectivity index (χ1n) is 6.95. The lowest BCUT2D eigenvalue weighted by atomic mass is 9.95. The molecule has 2 unspecified atom stereocenters. The van der Waals surface area contributed by atoms with Crippen LogP contribution in [0.15, 0.2) is 22.7 Å². The molecule has 0 radical (unpaired) electrons. The Hall–Kier alpha value is -1.07. The molecule has 0 spiro atoms. The largest absolute Gasteiger partial charge is 0.342 e. The van der Waals surface area contributed by atoms with Crippen LogP contribution in [0.1, 0.15) is 27.2 Å². The first kappa shape index (κ1) is 16.3. The van der Waals surface area contributed by atoms with E-state index in [4.69, 9.17) is 11.6 Å². The summed E-state index contributed by atoms with van der Waals surface area (Å²) in [7, 11) is 0. The van der Waals surface area contributed by atoms with Gasteiger partial charge >= 0.3 is 0 Å². The molecule has 6 heteroatoms. The molecular formula is C15H18BrClN2O2. The number of nitrogens with zero attached hydrogens (tertiary/aromatic N) is 1. The summed E-state index contributed by atoms with van der Waals surface area (Å²) >= 11 is 9.38. The van der Waals surface area contributed by atoms with Crippen molar-refractivity contribution in [3.63, 3.8) is 0 Å². The van der Waals surface area contributed by atoms with E-state index in [1.807, 2.05) is 20.8 Å². The zero-order chi connectivity index (χ0) is 15.7. The fourth-order valence-electron chi connectivity index (χ4n) is 2.54. The Morgan fingerprint density at radius 2 is 2.05 bits per heavy atom. The number of benzene rings is 1. The number of amides is 2. The van der Waals surface area contributed by atoms with Gasteiger partial charge in [0.05, 0.1) is 5.02 Å². The van der Waals surface area contributed by atoms with Gasteiger partial charge in [-0.2, -0.15) is 0 Å². The number of hydrogen-bond donors (Lipinski definition) is 1. The van der Waals surface area contributed by atoms with Crippen molar-refractivity contribution in [1.82, 2.24) is 5.32 Å². The number of carbonyl (C=O) groups excluding carboxylic acids is 2. The lowest BCUT2D eigenvalue weighted by Gasteiger charge is -2.40. The third-order valence-corrected chi connectivity index (χ3v) is 4.83. The Balaban J connectivity index is 2.49. The Labute approximate surface area is 138 Å². The molecule has 0 bridgehead atoms. The summed E-state index contributed by atoms with van der Waals surface area (Å²) < 4.78 is 0.705. The molecule has 0 aliphatic carbocycles. The highest BCUT2D eigenvalue weighted by molar-refractivity contribution is 9.10. The van der Waals surface area contributed by atoms with Gasteiger partial charge in [-0.15, -0.1) is 0 Å². The van der Waals surface area contributed by atoms with E-state index in [9.17, 15) is 9.59 Å². The second-order valence-corrected chi connectivity index (χ2v) is 6.73. The van der Waals surface area contributed by atoms with Crippen molar-refractivity contribution in [2.75, 3.05) is 4.90 Å². The number of hydrogen-bond acceptors (Lipinski definition) is 2. The molecule has 1 aliphatic rings. The van der Waals surface area contributed by atoms with E-state index in [0.717, 1.165) is 0 Å². The third-order valence-electron chi connectivity index (χ3n) is 3.62. The minimum Gasteiger partial charge on any atom is -0.342 e. The first-order chi connectivity index (χ1) is 9.86. The average Bonchev–Trinajstić information content (AvgIpc) is 2.43. The summed E-state index contributed by atoms with van der Waals surface area (Å²) in [6, 6.07) is 4.29. The summed E-state index contributed by atoms with van der Waals surface area (Å²) in [6.07, 6.45) is 0.570. The highest BCUT2D eigenvalue weighted by Gasteiger charge is 2.42. The Morgan fingerprint density at radius 3 is 2.57 bits per heavy atom. The van der Waals surface area contributed by atoms with Crippen LogP contribution in [0.5, 0.6) is 0 Å². The van der Waals surface area contributed by atoms with Crippen LogP contribution in [0.25, 0.3) is 0 Å². The molecule has 2 rings (SSSR count). The molecule has 1 aromatic carbocycles. The van der Waals surface area contributed by atoms with Gasteiger partial charge in [-0.05, 0) is 46.5 Å². The van der Waals surface area contributed by atoms with Crippen molar-refractivity contribution in [3.8, 4) is 0 Å². The number of anilines is 1. The van der Waals surface area contributed by atoms with E-state index in [1.54, 1.807) is 23.1 Å². The smallest absolute Gasteiger partial charge is 0.250 e. The van der Waals surface area contributed by atoms with Crippen LogP contribution in [-0.4, -0.2) is 23.9 Å². The number of halogens is 2. The standard InChI is InChI=1S/C15H18BrClN2O2/c1-4-12-15(21)19(13(8(2)3)14(20)18-12)9-5-6-11(17)10(16)7-9/h5-8,12-13H,4H2,1-3H3,(H,18,20). The van der Waals surface area contributed by atoms with Gasteiger partial charge in [0.25, 0.3) is 0 Å². The maximum atomic E-state index is 12.7.